The lowest BCUT2D eigenvalue weighted by Crippen LogP contribution is -2.51. The first kappa shape index (κ1) is 20.1. The van der Waals surface area contributed by atoms with Crippen LogP contribution in [0.5, 0.6) is 0 Å². The molecule has 0 unspecified atom stereocenters. The van der Waals surface area contributed by atoms with Crippen molar-refractivity contribution in [3.8, 4) is 0 Å². The molecule has 11 heteroatoms. The molecule has 1 aromatic rings. The van der Waals surface area contributed by atoms with E-state index in [4.69, 9.17) is 4.74 Å². The number of benzene rings is 1. The van der Waals surface area contributed by atoms with Crippen molar-refractivity contribution in [1.29, 1.82) is 0 Å². The third-order valence-electron chi connectivity index (χ3n) is 5.11. The fourth-order valence-electron chi connectivity index (χ4n) is 3.42. The Labute approximate surface area is 161 Å². The predicted molar refractivity (Wildman–Crippen MR) is 99.4 cm³/mol. The highest BCUT2D eigenvalue weighted by molar-refractivity contribution is 5.95. The number of amides is 1. The van der Waals surface area contributed by atoms with E-state index in [9.17, 15) is 25.0 Å². The Kier molecular flexibility index (Phi) is 6.49. The summed E-state index contributed by atoms with van der Waals surface area (Å²) in [6.07, 6.45) is 0. The zero-order chi connectivity index (χ0) is 20.1. The van der Waals surface area contributed by atoms with Crippen LogP contribution in [0.2, 0.25) is 0 Å². The molecule has 0 N–H and O–H groups in total. The molecular weight excluding hydrogens is 370 g/mol. The number of rotatable bonds is 6. The summed E-state index contributed by atoms with van der Waals surface area (Å²) in [5, 5.41) is 22.0. The maximum atomic E-state index is 12.7. The van der Waals surface area contributed by atoms with Crippen LogP contribution in [0.4, 0.5) is 11.4 Å². The number of carbonyl (C=O) groups excluding carboxylic acids is 1. The third kappa shape index (κ3) is 4.80. The first-order chi connectivity index (χ1) is 13.5. The fraction of sp³-hybridized carbons (Fsp3) is 0.588. The summed E-state index contributed by atoms with van der Waals surface area (Å²) in [5.41, 5.74) is -1.19. The zero-order valence-electron chi connectivity index (χ0n) is 15.5. The van der Waals surface area contributed by atoms with E-state index in [1.807, 2.05) is 0 Å². The average Bonchev–Trinajstić information content (AvgIpc) is 2.72. The van der Waals surface area contributed by atoms with Crippen LogP contribution in [0.25, 0.3) is 0 Å². The molecule has 28 heavy (non-hydrogen) atoms. The topological polar surface area (TPSA) is 122 Å². The van der Waals surface area contributed by atoms with E-state index in [-0.39, 0.29) is 11.5 Å². The van der Waals surface area contributed by atoms with E-state index in [1.54, 1.807) is 4.90 Å². The first-order valence-electron chi connectivity index (χ1n) is 9.20. The quantitative estimate of drug-likeness (QED) is 0.508. The highest BCUT2D eigenvalue weighted by Gasteiger charge is 2.28. The lowest BCUT2D eigenvalue weighted by atomic mass is 10.1. The molecule has 2 saturated heterocycles. The highest BCUT2D eigenvalue weighted by Crippen LogP contribution is 2.28. The van der Waals surface area contributed by atoms with Crippen LogP contribution >= 0.6 is 0 Å². The molecular formula is C17H23N5O6. The average molecular weight is 393 g/mol. The van der Waals surface area contributed by atoms with Crippen molar-refractivity contribution in [1.82, 2.24) is 14.7 Å². The van der Waals surface area contributed by atoms with E-state index < -0.39 is 21.2 Å². The maximum absolute atomic E-state index is 12.7. The number of nitrogens with zero attached hydrogens (tertiary/aromatic N) is 5. The lowest BCUT2D eigenvalue weighted by molar-refractivity contribution is -0.422. The van der Waals surface area contributed by atoms with Crippen LogP contribution in [0.1, 0.15) is 10.4 Å². The summed E-state index contributed by atoms with van der Waals surface area (Å²) in [5.74, 6) is -0.342. The van der Waals surface area contributed by atoms with Crippen LogP contribution in [0.3, 0.4) is 0 Å². The van der Waals surface area contributed by atoms with Crippen LogP contribution in [-0.4, -0.2) is 96.0 Å². The van der Waals surface area contributed by atoms with Crippen molar-refractivity contribution in [2.24, 2.45) is 0 Å². The predicted octanol–water partition coefficient (Wildman–Crippen LogP) is 0.593. The molecule has 152 valence electrons. The van der Waals surface area contributed by atoms with Crippen LogP contribution in [-0.2, 0) is 4.74 Å². The Morgan fingerprint density at radius 1 is 0.893 bits per heavy atom. The van der Waals surface area contributed by atoms with Gasteiger partial charge in [-0.1, -0.05) is 0 Å². The van der Waals surface area contributed by atoms with Gasteiger partial charge in [-0.15, -0.1) is 0 Å². The standard InChI is InChI=1S/C17H23N5O6/c23-17(14-1-2-15(21(24)25)16(13-14)22(26)27)20-7-5-18(6-8-20)3-4-19-9-11-28-12-10-19/h1-2,13H,3-12H2. The van der Waals surface area contributed by atoms with Gasteiger partial charge in [-0.3, -0.25) is 34.8 Å². The lowest BCUT2D eigenvalue weighted by Gasteiger charge is -2.36. The summed E-state index contributed by atoms with van der Waals surface area (Å²) < 4.78 is 5.34. The molecule has 2 heterocycles. The van der Waals surface area contributed by atoms with Crippen LogP contribution in [0, 0.1) is 20.2 Å². The van der Waals surface area contributed by atoms with Crippen molar-refractivity contribution < 1.29 is 19.4 Å². The Morgan fingerprint density at radius 3 is 2.04 bits per heavy atom. The maximum Gasteiger partial charge on any atom is 0.346 e. The van der Waals surface area contributed by atoms with Crippen LogP contribution < -0.4 is 0 Å². The Bertz CT molecular complexity index is 744. The SMILES string of the molecule is O=C(c1ccc([N+](=O)[O-])c([N+](=O)[O-])c1)N1CCN(CCN2CCOCC2)CC1. The first-order valence-corrected chi connectivity index (χ1v) is 9.20. The van der Waals surface area contributed by atoms with Gasteiger partial charge in [0.05, 0.1) is 23.1 Å². The summed E-state index contributed by atoms with van der Waals surface area (Å²) in [6.45, 7) is 7.80. The van der Waals surface area contributed by atoms with Gasteiger partial charge in [0.1, 0.15) is 0 Å². The molecule has 2 aliphatic heterocycles. The molecule has 0 radical (unpaired) electrons. The van der Waals surface area contributed by atoms with E-state index in [0.29, 0.717) is 13.1 Å². The Balaban J connectivity index is 1.55. The van der Waals surface area contributed by atoms with Crippen molar-refractivity contribution in [3.05, 3.63) is 44.0 Å². The van der Waals surface area contributed by atoms with Gasteiger partial charge in [-0.05, 0) is 6.07 Å². The summed E-state index contributed by atoms with van der Waals surface area (Å²) in [7, 11) is 0. The molecule has 0 aliphatic carbocycles. The van der Waals surface area contributed by atoms with Gasteiger partial charge in [-0.25, -0.2) is 0 Å². The summed E-state index contributed by atoms with van der Waals surface area (Å²) in [6, 6.07) is 3.29. The van der Waals surface area contributed by atoms with E-state index in [0.717, 1.165) is 64.6 Å². The zero-order valence-corrected chi connectivity index (χ0v) is 15.5. The van der Waals surface area contributed by atoms with E-state index in [1.165, 1.54) is 6.07 Å². The second-order valence-electron chi connectivity index (χ2n) is 6.81. The molecule has 1 aromatic carbocycles. The van der Waals surface area contributed by atoms with Crippen LogP contribution in [0.15, 0.2) is 18.2 Å². The van der Waals surface area contributed by atoms with Gasteiger partial charge in [0.2, 0.25) is 0 Å². The molecule has 1 amide bonds. The molecule has 11 nitrogen and oxygen atoms in total. The number of morpholine rings is 1. The van der Waals surface area contributed by atoms with Gasteiger partial charge in [0.15, 0.2) is 0 Å². The van der Waals surface area contributed by atoms with Crippen molar-refractivity contribution in [2.75, 3.05) is 65.6 Å². The van der Waals surface area contributed by atoms with Gasteiger partial charge in [-0.2, -0.15) is 0 Å². The van der Waals surface area contributed by atoms with Crippen molar-refractivity contribution in [2.45, 2.75) is 0 Å². The second-order valence-corrected chi connectivity index (χ2v) is 6.81. The number of piperazine rings is 1. The molecule has 0 atom stereocenters. The van der Waals surface area contributed by atoms with E-state index in [2.05, 4.69) is 9.80 Å². The van der Waals surface area contributed by atoms with Gasteiger partial charge in [0.25, 0.3) is 5.91 Å². The second kappa shape index (κ2) is 9.04. The summed E-state index contributed by atoms with van der Waals surface area (Å²) in [4.78, 5) is 39.3. The molecule has 0 aromatic heterocycles. The van der Waals surface area contributed by atoms with Gasteiger partial charge >= 0.3 is 11.4 Å². The van der Waals surface area contributed by atoms with Crippen molar-refractivity contribution >= 4 is 17.3 Å². The molecule has 3 rings (SSSR count). The normalized spacial score (nSPS) is 18.8. The largest absolute Gasteiger partial charge is 0.379 e. The molecule has 0 spiro atoms. The number of carbonyl (C=O) groups is 1. The molecule has 0 bridgehead atoms. The third-order valence-corrected chi connectivity index (χ3v) is 5.11. The monoisotopic (exact) mass is 393 g/mol. The minimum absolute atomic E-state index is 0.0964. The summed E-state index contributed by atoms with van der Waals surface area (Å²) >= 11 is 0. The number of nitro benzene ring substituents is 2. The molecule has 2 aliphatic rings. The van der Waals surface area contributed by atoms with Gasteiger partial charge in [0, 0.05) is 70.1 Å². The van der Waals surface area contributed by atoms with Gasteiger partial charge < -0.3 is 9.64 Å². The Morgan fingerprint density at radius 2 is 1.46 bits per heavy atom. The highest BCUT2D eigenvalue weighted by atomic mass is 16.6. The minimum atomic E-state index is -0.835. The van der Waals surface area contributed by atoms with E-state index >= 15 is 0 Å². The number of hydrogen-bond donors (Lipinski definition) is 0. The molecule has 0 saturated carbocycles. The number of nitro groups is 2. The Hall–Kier alpha value is -2.63. The molecule has 2 fully saturated rings. The van der Waals surface area contributed by atoms with Crippen molar-refractivity contribution in [3.63, 3.8) is 0 Å². The number of ether oxygens (including phenoxy) is 1. The minimum Gasteiger partial charge on any atom is -0.379 e. The smallest absolute Gasteiger partial charge is 0.346 e. The fourth-order valence-corrected chi connectivity index (χ4v) is 3.42. The number of hydrogen-bond acceptors (Lipinski definition) is 8.